The zero-order valence-corrected chi connectivity index (χ0v) is 34.5. The normalized spacial score (nSPS) is 27.9. The van der Waals surface area contributed by atoms with E-state index in [1.54, 1.807) is 29.0 Å². The number of carbonyl (C=O) groups excluding carboxylic acids is 2. The summed E-state index contributed by atoms with van der Waals surface area (Å²) in [6.45, 7) is 11.5. The number of benzene rings is 2. The number of nitrogens with zero attached hydrogens (tertiary/aromatic N) is 4. The molecule has 0 radical (unpaired) electrons. The molecule has 8 rings (SSSR count). The molecular formula is C45H64F2N4O6. The third-order valence-electron chi connectivity index (χ3n) is 13.2. The monoisotopic (exact) mass is 794 g/mol. The van der Waals surface area contributed by atoms with E-state index in [4.69, 9.17) is 18.9 Å². The largest absolute Gasteiger partial charge is 0.482 e. The van der Waals surface area contributed by atoms with E-state index in [-0.39, 0.29) is 36.7 Å². The highest BCUT2D eigenvalue weighted by Crippen LogP contribution is 2.41. The topological polar surface area (TPSA) is 84.0 Å². The van der Waals surface area contributed by atoms with Crippen molar-refractivity contribution < 1.29 is 37.3 Å². The van der Waals surface area contributed by atoms with Crippen LogP contribution >= 0.6 is 0 Å². The molecule has 2 amide bonds. The number of ether oxygens (including phenoxy) is 4. The predicted octanol–water partition coefficient (Wildman–Crippen LogP) is 7.47. The van der Waals surface area contributed by atoms with Crippen LogP contribution in [-0.4, -0.2) is 112 Å². The van der Waals surface area contributed by atoms with Gasteiger partial charge in [-0.05, 0) is 106 Å². The fraction of sp³-hybridized carbons (Fsp3) is 0.689. The third-order valence-corrected chi connectivity index (χ3v) is 13.2. The van der Waals surface area contributed by atoms with Gasteiger partial charge in [0.15, 0.2) is 13.2 Å². The summed E-state index contributed by atoms with van der Waals surface area (Å²) in [5.74, 6) is 1.70. The number of unbranched alkanes of at least 4 members (excludes halogenated alkanes) is 1. The number of methoxy groups -OCH3 is 1. The molecule has 6 aliphatic rings. The molecule has 6 atom stereocenters. The van der Waals surface area contributed by atoms with Gasteiger partial charge in [-0.1, -0.05) is 27.2 Å². The molecule has 0 aromatic heterocycles. The van der Waals surface area contributed by atoms with Crippen molar-refractivity contribution in [2.24, 2.45) is 17.8 Å². The number of anilines is 2. The molecule has 4 saturated heterocycles. The average molecular weight is 795 g/mol. The molecule has 0 saturated carbocycles. The molecule has 10 nitrogen and oxygen atoms in total. The lowest BCUT2D eigenvalue weighted by atomic mass is 9.88. The number of hydrogen-bond donors (Lipinski definition) is 0. The van der Waals surface area contributed by atoms with Crippen LogP contribution in [0.15, 0.2) is 36.4 Å². The Balaban J connectivity index is 0.000000174. The van der Waals surface area contributed by atoms with Gasteiger partial charge in [0.2, 0.25) is 0 Å². The Morgan fingerprint density at radius 3 is 1.63 bits per heavy atom. The molecular weight excluding hydrogens is 731 g/mol. The Morgan fingerprint density at radius 2 is 1.18 bits per heavy atom. The molecule has 57 heavy (non-hydrogen) atoms. The highest BCUT2D eigenvalue weighted by molar-refractivity contribution is 5.98. The number of fused-ring (bicyclic) bond motifs is 6. The molecule has 6 unspecified atom stereocenters. The number of hydrogen-bond acceptors (Lipinski definition) is 8. The van der Waals surface area contributed by atoms with Gasteiger partial charge in [0.25, 0.3) is 11.8 Å². The smallest absolute Gasteiger partial charge is 0.265 e. The first kappa shape index (κ1) is 41.8. The summed E-state index contributed by atoms with van der Waals surface area (Å²) in [6.07, 6.45) is 13.7. The van der Waals surface area contributed by atoms with Crippen molar-refractivity contribution in [1.29, 1.82) is 0 Å². The molecule has 2 aromatic carbocycles. The maximum absolute atomic E-state index is 13.8. The van der Waals surface area contributed by atoms with Gasteiger partial charge in [-0.3, -0.25) is 19.4 Å². The van der Waals surface area contributed by atoms with Gasteiger partial charge < -0.3 is 28.7 Å². The molecule has 2 aromatic rings. The summed E-state index contributed by atoms with van der Waals surface area (Å²) in [5.41, 5.74) is 1.11. The van der Waals surface area contributed by atoms with Crippen molar-refractivity contribution in [3.05, 3.63) is 48.0 Å². The fourth-order valence-electron chi connectivity index (χ4n) is 10.5. The second kappa shape index (κ2) is 19.2. The lowest BCUT2D eigenvalue weighted by molar-refractivity contribution is -0.122. The van der Waals surface area contributed by atoms with Crippen LogP contribution in [0, 0.1) is 29.4 Å². The van der Waals surface area contributed by atoms with Crippen molar-refractivity contribution in [3.63, 3.8) is 0 Å². The SMILES string of the molecule is CCCCOC1CC2CCC(C1)N2CC(C)CN1C(=O)COc2ccc(F)cc21.COCCC1CC2CCC(C1)N2CC(C)CN1C(=O)COc2ccc(F)cc21. The molecule has 0 N–H and O–H groups in total. The summed E-state index contributed by atoms with van der Waals surface area (Å²) >= 11 is 0. The van der Waals surface area contributed by atoms with Crippen LogP contribution in [0.5, 0.6) is 11.5 Å². The Kier molecular flexibility index (Phi) is 14.1. The van der Waals surface area contributed by atoms with Crippen molar-refractivity contribution >= 4 is 23.2 Å². The van der Waals surface area contributed by atoms with Crippen LogP contribution in [-0.2, 0) is 19.1 Å². The van der Waals surface area contributed by atoms with E-state index in [0.717, 1.165) is 57.9 Å². The maximum atomic E-state index is 13.8. The van der Waals surface area contributed by atoms with Gasteiger partial charge >= 0.3 is 0 Å². The number of amides is 2. The molecule has 314 valence electrons. The first-order chi connectivity index (χ1) is 27.6. The van der Waals surface area contributed by atoms with Gasteiger partial charge in [-0.15, -0.1) is 0 Å². The van der Waals surface area contributed by atoms with Crippen molar-refractivity contribution in [2.45, 2.75) is 122 Å². The average Bonchev–Trinajstić information content (AvgIpc) is 3.54. The number of piperidine rings is 2. The maximum Gasteiger partial charge on any atom is 0.265 e. The van der Waals surface area contributed by atoms with E-state index < -0.39 is 0 Å². The molecule has 12 heteroatoms. The van der Waals surface area contributed by atoms with Crippen LogP contribution < -0.4 is 19.3 Å². The first-order valence-electron chi connectivity index (χ1n) is 21.7. The second-order valence-electron chi connectivity index (χ2n) is 17.6. The third kappa shape index (κ3) is 10.1. The number of halogens is 2. The minimum Gasteiger partial charge on any atom is -0.482 e. The second-order valence-corrected chi connectivity index (χ2v) is 17.6. The Hall–Kier alpha value is -3.32. The minimum absolute atomic E-state index is 0.0249. The summed E-state index contributed by atoms with van der Waals surface area (Å²) < 4.78 is 49.8. The van der Waals surface area contributed by atoms with E-state index >= 15 is 0 Å². The molecule has 4 bridgehead atoms. The van der Waals surface area contributed by atoms with Crippen molar-refractivity contribution in [1.82, 2.24) is 9.80 Å². The van der Waals surface area contributed by atoms with E-state index in [9.17, 15) is 18.4 Å². The van der Waals surface area contributed by atoms with E-state index in [1.807, 2.05) is 0 Å². The van der Waals surface area contributed by atoms with Gasteiger partial charge in [-0.2, -0.15) is 0 Å². The van der Waals surface area contributed by atoms with Gasteiger partial charge in [0.05, 0.1) is 17.5 Å². The zero-order chi connectivity index (χ0) is 40.1. The van der Waals surface area contributed by atoms with Gasteiger partial charge in [-0.25, -0.2) is 8.78 Å². The van der Waals surface area contributed by atoms with Crippen molar-refractivity contribution in [2.75, 3.05) is 69.5 Å². The lowest BCUT2D eigenvalue weighted by Crippen LogP contribution is -2.49. The van der Waals surface area contributed by atoms with Crippen LogP contribution in [0.4, 0.5) is 20.2 Å². The molecule has 6 aliphatic heterocycles. The van der Waals surface area contributed by atoms with Gasteiger partial charge in [0.1, 0.15) is 23.1 Å². The zero-order valence-electron chi connectivity index (χ0n) is 34.5. The van der Waals surface area contributed by atoms with E-state index in [2.05, 4.69) is 30.6 Å². The minimum atomic E-state index is -0.345. The molecule has 0 spiro atoms. The number of rotatable bonds is 15. The Morgan fingerprint density at radius 1 is 0.702 bits per heavy atom. The molecule has 4 fully saturated rings. The quantitative estimate of drug-likeness (QED) is 0.172. The summed E-state index contributed by atoms with van der Waals surface area (Å²) in [7, 11) is 1.78. The number of carbonyl (C=O) groups is 2. The molecule has 0 aliphatic carbocycles. The highest BCUT2D eigenvalue weighted by atomic mass is 19.1. The Labute approximate surface area is 338 Å². The summed E-state index contributed by atoms with van der Waals surface area (Å²) in [4.78, 5) is 33.6. The van der Waals surface area contributed by atoms with Crippen LogP contribution in [0.2, 0.25) is 0 Å². The standard InChI is InChI=1S/C23H33FN2O3.C22H31FN2O3/c1-3-4-9-28-20-11-18-6-7-19(12-20)25(18)13-16(2)14-26-21-10-17(24)5-8-22(21)29-15-23(26)27;1-15(12-24-18-4-5-19(24)10-16(9-18)7-8-27-2)13-25-20-11-17(23)3-6-21(20)28-14-22(25)26/h5,8,10,16,18-20H,3-4,6-7,9,11-15H2,1-2H3;3,6,11,15-16,18-19H,4-5,7-10,12-14H2,1-2H3. The highest BCUT2D eigenvalue weighted by Gasteiger charge is 2.43. The lowest BCUT2D eigenvalue weighted by Gasteiger charge is -2.41. The van der Waals surface area contributed by atoms with Gasteiger partial charge in [0, 0.05) is 82.8 Å². The summed E-state index contributed by atoms with van der Waals surface area (Å²) in [5, 5.41) is 0. The van der Waals surface area contributed by atoms with E-state index in [0.29, 0.717) is 78.1 Å². The fourth-order valence-corrected chi connectivity index (χ4v) is 10.5. The van der Waals surface area contributed by atoms with Crippen LogP contribution in [0.3, 0.4) is 0 Å². The van der Waals surface area contributed by atoms with E-state index in [1.165, 1.54) is 69.2 Å². The van der Waals surface area contributed by atoms with Crippen molar-refractivity contribution in [3.8, 4) is 11.5 Å². The summed E-state index contributed by atoms with van der Waals surface area (Å²) in [6, 6.07) is 11.3. The van der Waals surface area contributed by atoms with Crippen LogP contribution in [0.1, 0.15) is 91.4 Å². The molecule has 6 heterocycles. The Bertz CT molecular complexity index is 1650. The predicted molar refractivity (Wildman–Crippen MR) is 217 cm³/mol. The first-order valence-corrected chi connectivity index (χ1v) is 21.7. The van der Waals surface area contributed by atoms with Crippen LogP contribution in [0.25, 0.3) is 0 Å².